The third-order valence-corrected chi connectivity index (χ3v) is 5.54. The van der Waals surface area contributed by atoms with Crippen LogP contribution >= 0.6 is 0 Å². The lowest BCUT2D eigenvalue weighted by molar-refractivity contribution is 0.169. The van der Waals surface area contributed by atoms with Crippen molar-refractivity contribution in [2.24, 2.45) is 0 Å². The number of sulfonamides is 1. The Bertz CT molecular complexity index is 677. The zero-order valence-electron chi connectivity index (χ0n) is 11.7. The molecule has 7 heteroatoms. The van der Waals surface area contributed by atoms with Crippen LogP contribution in [0.4, 0.5) is 0 Å². The highest BCUT2D eigenvalue weighted by Gasteiger charge is 2.29. The van der Waals surface area contributed by atoms with E-state index < -0.39 is 10.0 Å². The molecule has 1 heterocycles. The van der Waals surface area contributed by atoms with E-state index in [9.17, 15) is 8.42 Å². The molecule has 1 aromatic carbocycles. The van der Waals surface area contributed by atoms with Gasteiger partial charge in [-0.25, -0.2) is 8.42 Å². The van der Waals surface area contributed by atoms with Gasteiger partial charge in [-0.1, -0.05) is 0 Å². The Hall–Kier alpha value is -1.93. The van der Waals surface area contributed by atoms with Crippen molar-refractivity contribution in [3.8, 4) is 12.1 Å². The Morgan fingerprint density at radius 1 is 1.10 bits per heavy atom. The second-order valence-corrected chi connectivity index (χ2v) is 6.82. The average Bonchev–Trinajstić information content (AvgIpc) is 2.54. The van der Waals surface area contributed by atoms with Crippen molar-refractivity contribution < 1.29 is 8.42 Å². The summed E-state index contributed by atoms with van der Waals surface area (Å²) in [7, 11) is -3.53. The normalized spacial score (nSPS) is 18.6. The lowest BCUT2D eigenvalue weighted by Crippen LogP contribution is -2.50. The largest absolute Gasteiger partial charge is 0.286 e. The van der Waals surface area contributed by atoms with E-state index in [1.165, 1.54) is 28.6 Å². The van der Waals surface area contributed by atoms with E-state index in [0.717, 1.165) is 0 Å². The Balaban J connectivity index is 2.11. The molecule has 0 spiro atoms. The molecule has 110 valence electrons. The third-order valence-electron chi connectivity index (χ3n) is 3.63. The molecule has 2 rings (SSSR count). The predicted molar refractivity (Wildman–Crippen MR) is 76.6 cm³/mol. The van der Waals surface area contributed by atoms with Gasteiger partial charge in [0.1, 0.15) is 0 Å². The van der Waals surface area contributed by atoms with Crippen LogP contribution in [0, 0.1) is 22.7 Å². The van der Waals surface area contributed by atoms with Gasteiger partial charge in [0, 0.05) is 26.2 Å². The average molecular weight is 304 g/mol. The summed E-state index contributed by atoms with van der Waals surface area (Å²) in [5.74, 6) is 0. The van der Waals surface area contributed by atoms with Gasteiger partial charge in [0.2, 0.25) is 10.0 Å². The van der Waals surface area contributed by atoms with Crippen LogP contribution in [0.5, 0.6) is 0 Å². The molecule has 0 N–H and O–H groups in total. The smallest absolute Gasteiger partial charge is 0.243 e. The van der Waals surface area contributed by atoms with Crippen LogP contribution in [0.3, 0.4) is 0 Å². The molecule has 0 amide bonds. The number of rotatable bonds is 3. The van der Waals surface area contributed by atoms with Gasteiger partial charge in [-0.05, 0) is 31.2 Å². The van der Waals surface area contributed by atoms with Crippen molar-refractivity contribution in [1.29, 1.82) is 10.5 Å². The van der Waals surface area contributed by atoms with Gasteiger partial charge in [-0.2, -0.15) is 14.8 Å². The standard InChI is InChI=1S/C14H16N4O2S/c1-12(10-15)17-6-8-18(9-7-17)21(19,20)14-4-2-13(11-16)3-5-14/h2-5,12H,6-9H2,1H3. The van der Waals surface area contributed by atoms with Gasteiger partial charge in [0.05, 0.1) is 28.6 Å². The summed E-state index contributed by atoms with van der Waals surface area (Å²) in [6.07, 6.45) is 0. The van der Waals surface area contributed by atoms with Gasteiger partial charge in [0.15, 0.2) is 0 Å². The quantitative estimate of drug-likeness (QED) is 0.823. The van der Waals surface area contributed by atoms with Gasteiger partial charge in [-0.15, -0.1) is 0 Å². The summed E-state index contributed by atoms with van der Waals surface area (Å²) in [6.45, 7) is 3.64. The third kappa shape index (κ3) is 3.22. The predicted octanol–water partition coefficient (Wildman–Crippen LogP) is 0.777. The number of hydrogen-bond acceptors (Lipinski definition) is 5. The summed E-state index contributed by atoms with van der Waals surface area (Å²) < 4.78 is 26.4. The highest BCUT2D eigenvalue weighted by molar-refractivity contribution is 7.89. The number of nitriles is 2. The van der Waals surface area contributed by atoms with Crippen LogP contribution in [-0.4, -0.2) is 49.8 Å². The first-order chi connectivity index (χ1) is 9.98. The van der Waals surface area contributed by atoms with Gasteiger partial charge >= 0.3 is 0 Å². The van der Waals surface area contributed by atoms with E-state index in [1.807, 2.05) is 17.9 Å². The molecule has 0 bridgehead atoms. The molecule has 1 aromatic rings. The Labute approximate surface area is 124 Å². The fourth-order valence-corrected chi connectivity index (χ4v) is 3.69. The van der Waals surface area contributed by atoms with Gasteiger partial charge in [0.25, 0.3) is 0 Å². The molecule has 6 nitrogen and oxygen atoms in total. The molecular formula is C14H16N4O2S. The van der Waals surface area contributed by atoms with Crippen LogP contribution in [0.1, 0.15) is 12.5 Å². The highest BCUT2D eigenvalue weighted by atomic mass is 32.2. The monoisotopic (exact) mass is 304 g/mol. The second kappa shape index (κ2) is 6.23. The minimum absolute atomic E-state index is 0.197. The molecule has 1 aliphatic rings. The first kappa shape index (κ1) is 15.5. The molecule has 0 aromatic heterocycles. The number of hydrogen-bond donors (Lipinski definition) is 0. The van der Waals surface area contributed by atoms with E-state index in [2.05, 4.69) is 6.07 Å². The minimum Gasteiger partial charge on any atom is -0.286 e. The Kier molecular flexibility index (Phi) is 4.59. The zero-order valence-corrected chi connectivity index (χ0v) is 12.5. The molecule has 1 atom stereocenters. The summed E-state index contributed by atoms with van der Waals surface area (Å²) in [6, 6.07) is 9.83. The molecule has 0 saturated carbocycles. The molecular weight excluding hydrogens is 288 g/mol. The lowest BCUT2D eigenvalue weighted by Gasteiger charge is -2.35. The van der Waals surface area contributed by atoms with Crippen molar-refractivity contribution in [1.82, 2.24) is 9.21 Å². The maximum atomic E-state index is 12.5. The number of benzene rings is 1. The van der Waals surface area contributed by atoms with Gasteiger partial charge in [-0.3, -0.25) is 4.90 Å². The van der Waals surface area contributed by atoms with Crippen LogP contribution < -0.4 is 0 Å². The van der Waals surface area contributed by atoms with E-state index >= 15 is 0 Å². The van der Waals surface area contributed by atoms with Crippen LogP contribution in [0.15, 0.2) is 29.2 Å². The van der Waals surface area contributed by atoms with E-state index in [4.69, 9.17) is 10.5 Å². The maximum absolute atomic E-state index is 12.5. The van der Waals surface area contributed by atoms with Crippen molar-refractivity contribution in [2.75, 3.05) is 26.2 Å². The number of piperazine rings is 1. The summed E-state index contributed by atoms with van der Waals surface area (Å²) >= 11 is 0. The molecule has 1 aliphatic heterocycles. The van der Waals surface area contributed by atoms with Crippen molar-refractivity contribution in [3.63, 3.8) is 0 Å². The topological polar surface area (TPSA) is 88.2 Å². The van der Waals surface area contributed by atoms with Crippen LogP contribution in [-0.2, 0) is 10.0 Å². The van der Waals surface area contributed by atoms with Crippen molar-refractivity contribution >= 4 is 10.0 Å². The fourth-order valence-electron chi connectivity index (χ4n) is 2.26. The molecule has 1 unspecified atom stereocenters. The zero-order chi connectivity index (χ0) is 15.5. The van der Waals surface area contributed by atoms with Crippen molar-refractivity contribution in [2.45, 2.75) is 17.9 Å². The number of nitrogens with zero attached hydrogens (tertiary/aromatic N) is 4. The lowest BCUT2D eigenvalue weighted by atomic mass is 10.2. The van der Waals surface area contributed by atoms with Crippen molar-refractivity contribution in [3.05, 3.63) is 29.8 Å². The maximum Gasteiger partial charge on any atom is 0.243 e. The first-order valence-electron chi connectivity index (χ1n) is 6.63. The summed E-state index contributed by atoms with van der Waals surface area (Å²) in [5.41, 5.74) is 0.432. The first-order valence-corrected chi connectivity index (χ1v) is 8.07. The SMILES string of the molecule is CC(C#N)N1CCN(S(=O)(=O)c2ccc(C#N)cc2)CC1. The van der Waals surface area contributed by atoms with Gasteiger partial charge < -0.3 is 0 Å². The summed E-state index contributed by atoms with van der Waals surface area (Å²) in [4.78, 5) is 2.16. The molecule has 0 radical (unpaired) electrons. The minimum atomic E-state index is -3.53. The summed E-state index contributed by atoms with van der Waals surface area (Å²) in [5, 5.41) is 17.6. The molecule has 0 aliphatic carbocycles. The highest BCUT2D eigenvalue weighted by Crippen LogP contribution is 2.18. The van der Waals surface area contributed by atoms with E-state index in [1.54, 1.807) is 0 Å². The van der Waals surface area contributed by atoms with E-state index in [0.29, 0.717) is 31.7 Å². The van der Waals surface area contributed by atoms with Crippen LogP contribution in [0.2, 0.25) is 0 Å². The Morgan fingerprint density at radius 2 is 1.67 bits per heavy atom. The van der Waals surface area contributed by atoms with Crippen LogP contribution in [0.25, 0.3) is 0 Å². The van der Waals surface area contributed by atoms with E-state index in [-0.39, 0.29) is 10.9 Å². The molecule has 1 saturated heterocycles. The Morgan fingerprint density at radius 3 is 2.14 bits per heavy atom. The fraction of sp³-hybridized carbons (Fsp3) is 0.429. The second-order valence-electron chi connectivity index (χ2n) is 4.88. The molecule has 1 fully saturated rings. The molecule has 21 heavy (non-hydrogen) atoms.